The van der Waals surface area contributed by atoms with E-state index in [4.69, 9.17) is 4.74 Å². The van der Waals surface area contributed by atoms with Crippen LogP contribution in [0.4, 0.5) is 8.78 Å². The van der Waals surface area contributed by atoms with Crippen LogP contribution in [0.2, 0.25) is 0 Å². The minimum atomic E-state index is -0.650. The number of ether oxygens (including phenoxy) is 1. The summed E-state index contributed by atoms with van der Waals surface area (Å²) in [5.41, 5.74) is 0.642. The Bertz CT molecular complexity index is 795. The van der Waals surface area contributed by atoms with Crippen LogP contribution in [-0.2, 0) is 0 Å². The van der Waals surface area contributed by atoms with Crippen LogP contribution in [0.15, 0.2) is 36.4 Å². The number of piperazine rings is 1. The van der Waals surface area contributed by atoms with Crippen LogP contribution in [0, 0.1) is 11.6 Å². The van der Waals surface area contributed by atoms with E-state index in [1.165, 1.54) is 31.4 Å². The minimum Gasteiger partial charge on any atom is -0.497 e. The summed E-state index contributed by atoms with van der Waals surface area (Å²) in [4.78, 5) is 14.3. The van der Waals surface area contributed by atoms with Gasteiger partial charge in [0.05, 0.1) is 12.7 Å². The lowest BCUT2D eigenvalue weighted by Gasteiger charge is -2.34. The van der Waals surface area contributed by atoms with Gasteiger partial charge in [0.25, 0.3) is 5.91 Å². The summed E-state index contributed by atoms with van der Waals surface area (Å²) in [5.74, 6) is -1.11. The number of amides is 1. The lowest BCUT2D eigenvalue weighted by Crippen LogP contribution is -2.52. The average Bonchev–Trinajstić information content (AvgIpc) is 2.61. The summed E-state index contributed by atoms with van der Waals surface area (Å²) >= 11 is 0. The Kier molecular flexibility index (Phi) is 4.99. The Labute approximate surface area is 145 Å². The standard InChI is InChI=1S/C19H20F2N2O2/c1-12-11-22-7-8-23(12)19(24)16-5-3-13(9-17(16)20)15-6-4-14(25-2)10-18(15)21/h3-6,9-10,12,22H,7-8,11H2,1-2H3. The summed E-state index contributed by atoms with van der Waals surface area (Å²) in [6.07, 6.45) is 0. The van der Waals surface area contributed by atoms with Crippen molar-refractivity contribution in [3.63, 3.8) is 0 Å². The molecule has 3 rings (SSSR count). The predicted molar refractivity (Wildman–Crippen MR) is 91.7 cm³/mol. The first-order valence-corrected chi connectivity index (χ1v) is 8.16. The van der Waals surface area contributed by atoms with Crippen molar-refractivity contribution in [3.05, 3.63) is 53.6 Å². The molecular weight excluding hydrogens is 326 g/mol. The van der Waals surface area contributed by atoms with Crippen LogP contribution in [0.1, 0.15) is 17.3 Å². The second-order valence-corrected chi connectivity index (χ2v) is 6.09. The molecule has 132 valence electrons. The first-order valence-electron chi connectivity index (χ1n) is 8.16. The molecule has 0 aliphatic carbocycles. The molecule has 1 aliphatic heterocycles. The molecule has 1 saturated heterocycles. The third kappa shape index (κ3) is 3.49. The molecule has 2 aromatic rings. The molecule has 25 heavy (non-hydrogen) atoms. The first-order chi connectivity index (χ1) is 12.0. The summed E-state index contributed by atoms with van der Waals surface area (Å²) in [6.45, 7) is 3.83. The molecule has 1 amide bonds. The molecule has 1 fully saturated rings. The number of carbonyl (C=O) groups excluding carboxylic acids is 1. The zero-order valence-corrected chi connectivity index (χ0v) is 14.2. The molecular formula is C19H20F2N2O2. The Hall–Kier alpha value is -2.47. The highest BCUT2D eigenvalue weighted by atomic mass is 19.1. The van der Waals surface area contributed by atoms with Gasteiger partial charge in [-0.3, -0.25) is 4.79 Å². The molecule has 1 N–H and O–H groups in total. The van der Waals surface area contributed by atoms with E-state index in [1.807, 2.05) is 6.92 Å². The molecule has 0 aromatic heterocycles. The van der Waals surface area contributed by atoms with E-state index in [9.17, 15) is 13.6 Å². The fourth-order valence-corrected chi connectivity index (χ4v) is 3.01. The molecule has 1 atom stereocenters. The molecule has 1 heterocycles. The summed E-state index contributed by atoms with van der Waals surface area (Å²) in [5, 5.41) is 3.19. The number of carbonyl (C=O) groups is 1. The maximum atomic E-state index is 14.5. The highest BCUT2D eigenvalue weighted by molar-refractivity contribution is 5.95. The van der Waals surface area contributed by atoms with Crippen molar-refractivity contribution in [3.8, 4) is 16.9 Å². The minimum absolute atomic E-state index is 0.000593. The van der Waals surface area contributed by atoms with E-state index < -0.39 is 11.6 Å². The van der Waals surface area contributed by atoms with Gasteiger partial charge in [0.15, 0.2) is 0 Å². The summed E-state index contributed by atoms with van der Waals surface area (Å²) < 4.78 is 33.7. The SMILES string of the molecule is COc1ccc(-c2ccc(C(=O)N3CCNCC3C)c(F)c2)c(F)c1. The normalized spacial score (nSPS) is 17.4. The van der Waals surface area contributed by atoms with Crippen LogP contribution in [0.5, 0.6) is 5.75 Å². The van der Waals surface area contributed by atoms with Crippen molar-refractivity contribution < 1.29 is 18.3 Å². The number of nitrogens with one attached hydrogen (secondary N) is 1. The van der Waals surface area contributed by atoms with Crippen LogP contribution in [0.25, 0.3) is 11.1 Å². The van der Waals surface area contributed by atoms with E-state index in [-0.39, 0.29) is 23.1 Å². The third-order valence-corrected chi connectivity index (χ3v) is 4.45. The fourth-order valence-electron chi connectivity index (χ4n) is 3.01. The van der Waals surface area contributed by atoms with Gasteiger partial charge in [0.2, 0.25) is 0 Å². The monoisotopic (exact) mass is 346 g/mol. The number of nitrogens with zero attached hydrogens (tertiary/aromatic N) is 1. The van der Waals surface area contributed by atoms with Gasteiger partial charge >= 0.3 is 0 Å². The Morgan fingerprint density at radius 3 is 2.64 bits per heavy atom. The maximum absolute atomic E-state index is 14.5. The molecule has 4 nitrogen and oxygen atoms in total. The van der Waals surface area contributed by atoms with Gasteiger partial charge in [-0.15, -0.1) is 0 Å². The van der Waals surface area contributed by atoms with Crippen LogP contribution >= 0.6 is 0 Å². The quantitative estimate of drug-likeness (QED) is 0.929. The van der Waals surface area contributed by atoms with Gasteiger partial charge in [-0.25, -0.2) is 8.78 Å². The molecule has 0 saturated carbocycles. The van der Waals surface area contributed by atoms with E-state index in [0.717, 1.165) is 0 Å². The van der Waals surface area contributed by atoms with E-state index in [0.29, 0.717) is 30.9 Å². The number of halogens is 2. The number of benzene rings is 2. The summed E-state index contributed by atoms with van der Waals surface area (Å²) in [7, 11) is 1.45. The van der Waals surface area contributed by atoms with Crippen LogP contribution in [-0.4, -0.2) is 43.6 Å². The molecule has 1 aliphatic rings. The zero-order valence-electron chi connectivity index (χ0n) is 14.2. The molecule has 2 aromatic carbocycles. The molecule has 0 bridgehead atoms. The molecule has 0 spiro atoms. The Morgan fingerprint density at radius 2 is 2.00 bits per heavy atom. The third-order valence-electron chi connectivity index (χ3n) is 4.45. The lowest BCUT2D eigenvalue weighted by molar-refractivity contribution is 0.0651. The zero-order chi connectivity index (χ0) is 18.0. The van der Waals surface area contributed by atoms with Crippen molar-refractivity contribution in [2.75, 3.05) is 26.7 Å². The van der Waals surface area contributed by atoms with Crippen LogP contribution < -0.4 is 10.1 Å². The smallest absolute Gasteiger partial charge is 0.257 e. The van der Waals surface area contributed by atoms with Gasteiger partial charge in [0, 0.05) is 37.3 Å². The molecule has 1 unspecified atom stereocenters. The van der Waals surface area contributed by atoms with E-state index in [2.05, 4.69) is 5.32 Å². The van der Waals surface area contributed by atoms with Crippen molar-refractivity contribution >= 4 is 5.91 Å². The lowest BCUT2D eigenvalue weighted by atomic mass is 10.0. The summed E-state index contributed by atoms with van der Waals surface area (Å²) in [6, 6.07) is 8.57. The second kappa shape index (κ2) is 7.19. The number of hydrogen-bond acceptors (Lipinski definition) is 3. The van der Waals surface area contributed by atoms with Gasteiger partial charge < -0.3 is 15.0 Å². The highest BCUT2D eigenvalue weighted by Crippen LogP contribution is 2.28. The van der Waals surface area contributed by atoms with Gasteiger partial charge in [-0.1, -0.05) is 6.07 Å². The second-order valence-electron chi connectivity index (χ2n) is 6.09. The number of methoxy groups -OCH3 is 1. The number of hydrogen-bond donors (Lipinski definition) is 1. The van der Waals surface area contributed by atoms with E-state index >= 15 is 0 Å². The maximum Gasteiger partial charge on any atom is 0.257 e. The Balaban J connectivity index is 1.89. The van der Waals surface area contributed by atoms with Crippen molar-refractivity contribution in [2.24, 2.45) is 0 Å². The highest BCUT2D eigenvalue weighted by Gasteiger charge is 2.26. The molecule has 6 heteroatoms. The van der Waals surface area contributed by atoms with Crippen molar-refractivity contribution in [1.82, 2.24) is 10.2 Å². The van der Waals surface area contributed by atoms with Crippen LogP contribution in [0.3, 0.4) is 0 Å². The predicted octanol–water partition coefficient (Wildman–Crippen LogP) is 3.07. The number of rotatable bonds is 3. The van der Waals surface area contributed by atoms with Gasteiger partial charge in [0.1, 0.15) is 17.4 Å². The van der Waals surface area contributed by atoms with Gasteiger partial charge in [-0.2, -0.15) is 0 Å². The fraction of sp³-hybridized carbons (Fsp3) is 0.316. The van der Waals surface area contributed by atoms with Crippen molar-refractivity contribution in [2.45, 2.75) is 13.0 Å². The largest absolute Gasteiger partial charge is 0.497 e. The topological polar surface area (TPSA) is 41.6 Å². The Morgan fingerprint density at radius 1 is 1.20 bits per heavy atom. The van der Waals surface area contributed by atoms with Crippen molar-refractivity contribution in [1.29, 1.82) is 0 Å². The molecule has 0 radical (unpaired) electrons. The van der Waals surface area contributed by atoms with E-state index in [1.54, 1.807) is 17.0 Å². The first kappa shape index (κ1) is 17.4. The average molecular weight is 346 g/mol. The van der Waals surface area contributed by atoms with Gasteiger partial charge in [-0.05, 0) is 36.8 Å².